The van der Waals surface area contributed by atoms with Crippen LogP contribution < -0.4 is 4.74 Å². The van der Waals surface area contributed by atoms with Crippen LogP contribution in [0.1, 0.15) is 22.3 Å². The van der Waals surface area contributed by atoms with Crippen molar-refractivity contribution in [2.75, 3.05) is 7.11 Å². The summed E-state index contributed by atoms with van der Waals surface area (Å²) in [4.78, 5) is 0. The molecule has 5 heteroatoms. The molecule has 0 radical (unpaired) electrons. The van der Waals surface area contributed by atoms with E-state index in [0.29, 0.717) is 11.8 Å². The quantitative estimate of drug-likeness (QED) is 0.331. The monoisotopic (exact) mass is 423 g/mol. The first kappa shape index (κ1) is 20.1. The number of ether oxygens (including phenoxy) is 1. The smallest absolute Gasteiger partial charge is 0.250 e. The Balaban J connectivity index is 1.56. The molecular formula is C27H25N3O2. The van der Waals surface area contributed by atoms with E-state index < -0.39 is 0 Å². The van der Waals surface area contributed by atoms with Crippen molar-refractivity contribution in [3.8, 4) is 28.7 Å². The molecule has 0 bridgehead atoms. The van der Waals surface area contributed by atoms with Gasteiger partial charge in [0.05, 0.1) is 12.7 Å². The molecule has 2 heterocycles. The van der Waals surface area contributed by atoms with Gasteiger partial charge < -0.3 is 13.7 Å². The molecule has 0 aliphatic rings. The second-order valence-corrected chi connectivity index (χ2v) is 8.22. The minimum atomic E-state index is 0.532. The number of fused-ring (bicyclic) bond motifs is 1. The van der Waals surface area contributed by atoms with Crippen molar-refractivity contribution in [3.63, 3.8) is 0 Å². The van der Waals surface area contributed by atoms with E-state index >= 15 is 0 Å². The summed E-state index contributed by atoms with van der Waals surface area (Å²) < 4.78 is 13.7. The van der Waals surface area contributed by atoms with Gasteiger partial charge in [0.25, 0.3) is 0 Å². The van der Waals surface area contributed by atoms with Crippen LogP contribution in [0.5, 0.6) is 5.75 Å². The number of hydrogen-bond donors (Lipinski definition) is 0. The summed E-state index contributed by atoms with van der Waals surface area (Å²) in [6, 6.07) is 20.7. The number of aryl methyl sites for hydroxylation is 3. The molecule has 0 unspecified atom stereocenters. The molecular weight excluding hydrogens is 398 g/mol. The first-order valence-electron chi connectivity index (χ1n) is 10.7. The van der Waals surface area contributed by atoms with Crippen LogP contribution in [-0.2, 0) is 6.54 Å². The third-order valence-electron chi connectivity index (χ3n) is 5.85. The highest BCUT2D eigenvalue weighted by Gasteiger charge is 2.19. The first-order chi connectivity index (χ1) is 15.5. The molecule has 0 aliphatic heterocycles. The molecule has 3 aromatic carbocycles. The average molecular weight is 424 g/mol. The minimum Gasteiger partial charge on any atom is -0.497 e. The highest BCUT2D eigenvalue weighted by Crippen LogP contribution is 2.34. The molecule has 32 heavy (non-hydrogen) atoms. The summed E-state index contributed by atoms with van der Waals surface area (Å²) in [6.07, 6.45) is 2.10. The van der Waals surface area contributed by atoms with E-state index in [-0.39, 0.29) is 0 Å². The summed E-state index contributed by atoms with van der Waals surface area (Å²) in [5.74, 6) is 1.94. The van der Waals surface area contributed by atoms with Crippen molar-refractivity contribution >= 4 is 10.9 Å². The molecule has 0 saturated carbocycles. The van der Waals surface area contributed by atoms with Gasteiger partial charge in [-0.1, -0.05) is 48.0 Å². The Kier molecular flexibility index (Phi) is 5.02. The van der Waals surface area contributed by atoms with Gasteiger partial charge in [0.2, 0.25) is 11.8 Å². The molecule has 160 valence electrons. The summed E-state index contributed by atoms with van der Waals surface area (Å²) in [5, 5.41) is 9.90. The van der Waals surface area contributed by atoms with Crippen LogP contribution in [-0.4, -0.2) is 21.9 Å². The molecule has 5 rings (SSSR count). The van der Waals surface area contributed by atoms with Crippen LogP contribution in [0.25, 0.3) is 33.8 Å². The first-order valence-corrected chi connectivity index (χ1v) is 10.7. The molecule has 0 saturated heterocycles. The van der Waals surface area contributed by atoms with Crippen LogP contribution in [0.2, 0.25) is 0 Å². The topological polar surface area (TPSA) is 53.1 Å². The zero-order chi connectivity index (χ0) is 22.2. The number of benzene rings is 3. The van der Waals surface area contributed by atoms with Gasteiger partial charge in [0.15, 0.2) is 0 Å². The van der Waals surface area contributed by atoms with E-state index in [1.165, 1.54) is 11.1 Å². The fourth-order valence-electron chi connectivity index (χ4n) is 4.43. The lowest BCUT2D eigenvalue weighted by Gasteiger charge is -2.07. The van der Waals surface area contributed by atoms with Gasteiger partial charge in [-0.25, -0.2) is 0 Å². The van der Waals surface area contributed by atoms with Crippen LogP contribution in [0.4, 0.5) is 0 Å². The Hall–Kier alpha value is -3.86. The van der Waals surface area contributed by atoms with Crippen molar-refractivity contribution in [3.05, 3.63) is 89.1 Å². The molecule has 0 amide bonds. The number of hydrogen-bond acceptors (Lipinski definition) is 4. The van der Waals surface area contributed by atoms with Gasteiger partial charge in [-0.2, -0.15) is 0 Å². The minimum absolute atomic E-state index is 0.532. The van der Waals surface area contributed by atoms with E-state index in [1.807, 2.05) is 18.2 Å². The maximum absolute atomic E-state index is 6.21. The van der Waals surface area contributed by atoms with Crippen molar-refractivity contribution < 1.29 is 9.15 Å². The fourth-order valence-corrected chi connectivity index (χ4v) is 4.43. The van der Waals surface area contributed by atoms with Crippen LogP contribution >= 0.6 is 0 Å². The summed E-state index contributed by atoms with van der Waals surface area (Å²) in [5.41, 5.74) is 7.77. The molecule has 0 fully saturated rings. The Morgan fingerprint density at radius 2 is 1.56 bits per heavy atom. The van der Waals surface area contributed by atoms with Gasteiger partial charge in [0.1, 0.15) is 5.75 Å². The van der Waals surface area contributed by atoms with Gasteiger partial charge in [-0.15, -0.1) is 10.2 Å². The van der Waals surface area contributed by atoms with Gasteiger partial charge in [-0.05, 0) is 55.7 Å². The maximum Gasteiger partial charge on any atom is 0.250 e. The molecule has 2 aromatic heterocycles. The van der Waals surface area contributed by atoms with Crippen molar-refractivity contribution in [2.45, 2.75) is 27.3 Å². The molecule has 0 N–H and O–H groups in total. The Morgan fingerprint density at radius 3 is 2.28 bits per heavy atom. The van der Waals surface area contributed by atoms with Gasteiger partial charge in [-0.3, -0.25) is 0 Å². The van der Waals surface area contributed by atoms with E-state index in [4.69, 9.17) is 9.15 Å². The lowest BCUT2D eigenvalue weighted by atomic mass is 10.00. The number of methoxy groups -OCH3 is 1. The second-order valence-electron chi connectivity index (χ2n) is 8.22. The van der Waals surface area contributed by atoms with Crippen LogP contribution in [0.3, 0.4) is 0 Å². The number of aromatic nitrogens is 3. The number of nitrogens with zero attached hydrogens (tertiary/aromatic N) is 3. The number of rotatable bonds is 5. The zero-order valence-electron chi connectivity index (χ0n) is 18.7. The van der Waals surface area contributed by atoms with E-state index in [9.17, 15) is 0 Å². The van der Waals surface area contributed by atoms with Crippen molar-refractivity contribution in [2.24, 2.45) is 0 Å². The number of para-hydroxylation sites is 1. The highest BCUT2D eigenvalue weighted by molar-refractivity contribution is 5.94. The zero-order valence-corrected chi connectivity index (χ0v) is 18.7. The summed E-state index contributed by atoms with van der Waals surface area (Å²) >= 11 is 0. The molecule has 5 nitrogen and oxygen atoms in total. The summed E-state index contributed by atoms with van der Waals surface area (Å²) in [6.45, 7) is 7.00. The largest absolute Gasteiger partial charge is 0.497 e. The molecule has 5 aromatic rings. The molecule has 0 spiro atoms. The highest BCUT2D eigenvalue weighted by atomic mass is 16.5. The van der Waals surface area contributed by atoms with E-state index in [1.54, 1.807) is 7.11 Å². The summed E-state index contributed by atoms with van der Waals surface area (Å²) in [7, 11) is 1.68. The predicted octanol–water partition coefficient (Wildman–Crippen LogP) is 6.34. The second kappa shape index (κ2) is 8.00. The van der Waals surface area contributed by atoms with Gasteiger partial charge >= 0.3 is 0 Å². The van der Waals surface area contributed by atoms with Crippen molar-refractivity contribution in [1.82, 2.24) is 14.8 Å². The van der Waals surface area contributed by atoms with Gasteiger partial charge in [0, 0.05) is 29.2 Å². The SMILES string of the molecule is COc1ccc(Cn2cc(-c3nnc(-c4c(C)cc(C)cc4C)o3)c3ccccc32)cc1. The van der Waals surface area contributed by atoms with Crippen molar-refractivity contribution in [1.29, 1.82) is 0 Å². The lowest BCUT2D eigenvalue weighted by molar-refractivity contribution is 0.414. The molecule has 0 atom stereocenters. The van der Waals surface area contributed by atoms with E-state index in [0.717, 1.165) is 45.5 Å². The average Bonchev–Trinajstić information content (AvgIpc) is 3.39. The Bertz CT molecular complexity index is 1390. The fraction of sp³-hybridized carbons (Fsp3) is 0.185. The Labute approximate surface area is 187 Å². The standard InChI is InChI=1S/C27H25N3O2/c1-17-13-18(2)25(19(3)14-17)27-29-28-26(32-27)23-16-30(24-8-6-5-7-22(23)24)15-20-9-11-21(31-4)12-10-20/h5-14,16H,15H2,1-4H3. The predicted molar refractivity (Wildman–Crippen MR) is 127 cm³/mol. The van der Waals surface area contributed by atoms with Crippen LogP contribution in [0, 0.1) is 20.8 Å². The normalized spacial score (nSPS) is 11.2. The maximum atomic E-state index is 6.21. The lowest BCUT2D eigenvalue weighted by Crippen LogP contribution is -1.97. The third-order valence-corrected chi connectivity index (χ3v) is 5.85. The van der Waals surface area contributed by atoms with E-state index in [2.05, 4.69) is 84.2 Å². The Morgan fingerprint density at radius 1 is 0.875 bits per heavy atom. The van der Waals surface area contributed by atoms with Crippen LogP contribution in [0.15, 0.2) is 71.3 Å². The third kappa shape index (κ3) is 3.56. The molecule has 0 aliphatic carbocycles.